The Labute approximate surface area is 65.8 Å². The average molecular weight is 157 g/mol. The van der Waals surface area contributed by atoms with Gasteiger partial charge in [-0.15, -0.1) is 5.10 Å². The minimum atomic E-state index is 0.922. The van der Waals surface area contributed by atoms with Gasteiger partial charge in [0.05, 0.1) is 11.9 Å². The first kappa shape index (κ1) is 7.60. The van der Waals surface area contributed by atoms with Crippen LogP contribution in [0.4, 0.5) is 0 Å². The fourth-order valence-corrected chi connectivity index (χ4v) is 0.956. The van der Waals surface area contributed by atoms with Crippen molar-refractivity contribution in [2.75, 3.05) is 5.75 Å². The third-order valence-electron chi connectivity index (χ3n) is 1.40. The SMILES string of the molecule is Cn1nncc1CCCS. The largest absolute Gasteiger partial charge is 0.252 e. The molecule has 1 aromatic rings. The van der Waals surface area contributed by atoms with E-state index in [2.05, 4.69) is 22.9 Å². The predicted molar refractivity (Wildman–Crippen MR) is 43.2 cm³/mol. The molecule has 10 heavy (non-hydrogen) atoms. The summed E-state index contributed by atoms with van der Waals surface area (Å²) in [5, 5.41) is 7.57. The maximum absolute atomic E-state index is 4.12. The van der Waals surface area contributed by atoms with E-state index in [1.54, 1.807) is 10.9 Å². The number of thiol groups is 1. The standard InChI is InChI=1S/C6H11N3S/c1-9-6(3-2-4-10)5-7-8-9/h5,10H,2-4H2,1H3. The van der Waals surface area contributed by atoms with Crippen LogP contribution in [0.1, 0.15) is 12.1 Å². The van der Waals surface area contributed by atoms with Crippen molar-refractivity contribution in [3.63, 3.8) is 0 Å². The van der Waals surface area contributed by atoms with Crippen molar-refractivity contribution in [1.82, 2.24) is 15.0 Å². The summed E-state index contributed by atoms with van der Waals surface area (Å²) in [5.41, 5.74) is 1.18. The zero-order valence-electron chi connectivity index (χ0n) is 5.99. The molecule has 0 spiro atoms. The Morgan fingerprint density at radius 1 is 1.70 bits per heavy atom. The molecular weight excluding hydrogens is 146 g/mol. The molecule has 0 saturated heterocycles. The Kier molecular flexibility index (Phi) is 2.74. The highest BCUT2D eigenvalue weighted by Gasteiger charge is 1.96. The molecule has 0 aliphatic heterocycles. The maximum Gasteiger partial charge on any atom is 0.0724 e. The van der Waals surface area contributed by atoms with Crippen LogP contribution in [0.2, 0.25) is 0 Å². The van der Waals surface area contributed by atoms with E-state index >= 15 is 0 Å². The normalized spacial score (nSPS) is 10.2. The van der Waals surface area contributed by atoms with Gasteiger partial charge in [0.2, 0.25) is 0 Å². The maximum atomic E-state index is 4.12. The van der Waals surface area contributed by atoms with E-state index < -0.39 is 0 Å². The van der Waals surface area contributed by atoms with E-state index in [-0.39, 0.29) is 0 Å². The first-order valence-corrected chi connectivity index (χ1v) is 3.92. The fraction of sp³-hybridized carbons (Fsp3) is 0.667. The van der Waals surface area contributed by atoms with Gasteiger partial charge in [-0.05, 0) is 18.6 Å². The van der Waals surface area contributed by atoms with Gasteiger partial charge in [-0.3, -0.25) is 4.68 Å². The van der Waals surface area contributed by atoms with Crippen LogP contribution in [-0.2, 0) is 13.5 Å². The molecule has 1 heterocycles. The molecule has 0 saturated carbocycles. The molecule has 1 aromatic heterocycles. The summed E-state index contributed by atoms with van der Waals surface area (Å²) in [6.07, 6.45) is 3.90. The zero-order valence-corrected chi connectivity index (χ0v) is 6.88. The van der Waals surface area contributed by atoms with Crippen molar-refractivity contribution in [3.05, 3.63) is 11.9 Å². The first-order chi connectivity index (χ1) is 4.84. The monoisotopic (exact) mass is 157 g/mol. The van der Waals surface area contributed by atoms with Crippen molar-refractivity contribution in [2.45, 2.75) is 12.8 Å². The van der Waals surface area contributed by atoms with Crippen molar-refractivity contribution >= 4 is 12.6 Å². The van der Waals surface area contributed by atoms with Crippen LogP contribution in [0.15, 0.2) is 6.20 Å². The molecule has 0 N–H and O–H groups in total. The van der Waals surface area contributed by atoms with Gasteiger partial charge in [0.15, 0.2) is 0 Å². The van der Waals surface area contributed by atoms with Crippen LogP contribution >= 0.6 is 12.6 Å². The molecule has 0 bridgehead atoms. The van der Waals surface area contributed by atoms with Crippen LogP contribution < -0.4 is 0 Å². The molecule has 0 aromatic carbocycles. The molecule has 0 aliphatic rings. The lowest BCUT2D eigenvalue weighted by Crippen LogP contribution is -1.98. The van der Waals surface area contributed by atoms with E-state index in [1.807, 2.05) is 7.05 Å². The molecule has 0 aliphatic carbocycles. The topological polar surface area (TPSA) is 30.7 Å². The van der Waals surface area contributed by atoms with Gasteiger partial charge in [0, 0.05) is 7.05 Å². The van der Waals surface area contributed by atoms with Gasteiger partial charge in [0.25, 0.3) is 0 Å². The number of hydrogen-bond donors (Lipinski definition) is 1. The van der Waals surface area contributed by atoms with E-state index in [9.17, 15) is 0 Å². The average Bonchev–Trinajstić information content (AvgIpc) is 2.31. The molecule has 4 heteroatoms. The quantitative estimate of drug-likeness (QED) is 0.654. The van der Waals surface area contributed by atoms with Gasteiger partial charge in [0.1, 0.15) is 0 Å². The van der Waals surface area contributed by atoms with E-state index in [0.29, 0.717) is 0 Å². The fourth-order valence-electron chi connectivity index (χ4n) is 0.797. The summed E-state index contributed by atoms with van der Waals surface area (Å²) in [4.78, 5) is 0. The molecule has 1 rings (SSSR count). The van der Waals surface area contributed by atoms with Gasteiger partial charge in [-0.2, -0.15) is 12.6 Å². The molecule has 0 unspecified atom stereocenters. The molecular formula is C6H11N3S. The summed E-state index contributed by atoms with van der Waals surface area (Å²) in [5.74, 6) is 0.922. The number of aromatic nitrogens is 3. The van der Waals surface area contributed by atoms with Crippen LogP contribution in [0, 0.1) is 0 Å². The lowest BCUT2D eigenvalue weighted by molar-refractivity contribution is 0.670. The summed E-state index contributed by atoms with van der Waals surface area (Å²) in [7, 11) is 1.90. The number of aryl methyl sites for hydroxylation is 2. The summed E-state index contributed by atoms with van der Waals surface area (Å²) >= 11 is 4.12. The van der Waals surface area contributed by atoms with Crippen molar-refractivity contribution < 1.29 is 0 Å². The highest BCUT2D eigenvalue weighted by molar-refractivity contribution is 7.80. The lowest BCUT2D eigenvalue weighted by atomic mass is 10.3. The minimum Gasteiger partial charge on any atom is -0.252 e. The molecule has 3 nitrogen and oxygen atoms in total. The Morgan fingerprint density at radius 3 is 3.00 bits per heavy atom. The van der Waals surface area contributed by atoms with Crippen molar-refractivity contribution in [2.24, 2.45) is 7.05 Å². The minimum absolute atomic E-state index is 0.922. The third-order valence-corrected chi connectivity index (χ3v) is 1.72. The number of hydrogen-bond acceptors (Lipinski definition) is 3. The summed E-state index contributed by atoms with van der Waals surface area (Å²) in [6, 6.07) is 0. The number of nitrogens with zero attached hydrogens (tertiary/aromatic N) is 3. The Balaban J connectivity index is 2.49. The van der Waals surface area contributed by atoms with Crippen LogP contribution in [-0.4, -0.2) is 20.7 Å². The number of rotatable bonds is 3. The highest BCUT2D eigenvalue weighted by Crippen LogP contribution is 1.98. The molecule has 0 radical (unpaired) electrons. The first-order valence-electron chi connectivity index (χ1n) is 3.29. The molecule has 0 amide bonds. The van der Waals surface area contributed by atoms with Gasteiger partial charge < -0.3 is 0 Å². The Morgan fingerprint density at radius 2 is 2.50 bits per heavy atom. The second kappa shape index (κ2) is 3.61. The summed E-state index contributed by atoms with van der Waals surface area (Å²) < 4.78 is 1.80. The van der Waals surface area contributed by atoms with Gasteiger partial charge in [-0.25, -0.2) is 0 Å². The highest BCUT2D eigenvalue weighted by atomic mass is 32.1. The second-order valence-electron chi connectivity index (χ2n) is 2.18. The lowest BCUT2D eigenvalue weighted by Gasteiger charge is -1.96. The predicted octanol–water partition coefficient (Wildman–Crippen LogP) is 0.677. The van der Waals surface area contributed by atoms with Crippen molar-refractivity contribution in [3.8, 4) is 0 Å². The third kappa shape index (κ3) is 1.73. The summed E-state index contributed by atoms with van der Waals surface area (Å²) in [6.45, 7) is 0. The molecule has 0 atom stereocenters. The van der Waals surface area contributed by atoms with E-state index in [0.717, 1.165) is 18.6 Å². The van der Waals surface area contributed by atoms with Gasteiger partial charge >= 0.3 is 0 Å². The van der Waals surface area contributed by atoms with E-state index in [4.69, 9.17) is 0 Å². The zero-order chi connectivity index (χ0) is 7.40. The Hall–Kier alpha value is -0.510. The van der Waals surface area contributed by atoms with Gasteiger partial charge in [-0.1, -0.05) is 5.21 Å². The van der Waals surface area contributed by atoms with Crippen LogP contribution in [0.3, 0.4) is 0 Å². The Bertz CT molecular complexity index is 197. The molecule has 0 fully saturated rings. The van der Waals surface area contributed by atoms with Crippen LogP contribution in [0.25, 0.3) is 0 Å². The smallest absolute Gasteiger partial charge is 0.0724 e. The van der Waals surface area contributed by atoms with E-state index in [1.165, 1.54) is 5.69 Å². The van der Waals surface area contributed by atoms with Crippen LogP contribution in [0.5, 0.6) is 0 Å². The molecule has 56 valence electrons. The second-order valence-corrected chi connectivity index (χ2v) is 2.62. The van der Waals surface area contributed by atoms with Crippen molar-refractivity contribution in [1.29, 1.82) is 0 Å².